The summed E-state index contributed by atoms with van der Waals surface area (Å²) in [7, 11) is 0. The summed E-state index contributed by atoms with van der Waals surface area (Å²) in [4.78, 5) is 2.39. The molecule has 0 amide bonds. The molecule has 0 saturated carbocycles. The van der Waals surface area contributed by atoms with Crippen molar-refractivity contribution in [1.82, 2.24) is 4.57 Å². The fourth-order valence-corrected chi connectivity index (χ4v) is 9.21. The first-order valence-electron chi connectivity index (χ1n) is 19.2. The topological polar surface area (TPSA) is 8.17 Å². The van der Waals surface area contributed by atoms with Gasteiger partial charge in [-0.1, -0.05) is 135 Å². The lowest BCUT2D eigenvalue weighted by Crippen LogP contribution is -2.16. The molecule has 0 saturated heterocycles. The van der Waals surface area contributed by atoms with Gasteiger partial charge in [-0.2, -0.15) is 0 Å². The standard InChI is InChI=1S/C53H38N2/c1-53(2)47-18-10-9-17-45(47)46-29-28-44(34-48(46)53)54(41-13-5-3-6-14-41)43-27-26-38-30-35(22-23-39(38)33-43)20-21-36-31-40-25-24-37-12-11-19-49-51(37)52(40)50(32-36)55(49)42-15-7-4-8-16-42/h3-34H,1-2H3/b21-20+. The number of nitrogens with zero attached hydrogens (tertiary/aromatic N) is 2. The van der Waals surface area contributed by atoms with Gasteiger partial charge >= 0.3 is 0 Å². The smallest absolute Gasteiger partial charge is 0.0553 e. The van der Waals surface area contributed by atoms with Gasteiger partial charge < -0.3 is 9.47 Å². The van der Waals surface area contributed by atoms with Gasteiger partial charge in [0.1, 0.15) is 0 Å². The van der Waals surface area contributed by atoms with E-state index in [0.717, 1.165) is 17.1 Å². The van der Waals surface area contributed by atoms with E-state index in [1.54, 1.807) is 0 Å². The molecular formula is C53H38N2. The lowest BCUT2D eigenvalue weighted by Gasteiger charge is -2.28. The first-order chi connectivity index (χ1) is 27.0. The van der Waals surface area contributed by atoms with Crippen molar-refractivity contribution < 1.29 is 0 Å². The van der Waals surface area contributed by atoms with E-state index in [2.05, 4.69) is 217 Å². The number of para-hydroxylation sites is 2. The Balaban J connectivity index is 0.963. The molecule has 1 aliphatic rings. The van der Waals surface area contributed by atoms with Crippen LogP contribution in [-0.2, 0) is 5.41 Å². The first-order valence-corrected chi connectivity index (χ1v) is 19.2. The highest BCUT2D eigenvalue weighted by Gasteiger charge is 2.35. The zero-order chi connectivity index (χ0) is 36.7. The van der Waals surface area contributed by atoms with Gasteiger partial charge in [0.15, 0.2) is 0 Å². The minimum atomic E-state index is -0.0685. The van der Waals surface area contributed by atoms with Gasteiger partial charge in [-0.05, 0) is 128 Å². The van der Waals surface area contributed by atoms with Gasteiger partial charge in [0, 0.05) is 38.9 Å². The van der Waals surface area contributed by atoms with E-state index in [-0.39, 0.29) is 5.41 Å². The molecule has 260 valence electrons. The van der Waals surface area contributed by atoms with E-state index in [1.165, 1.54) is 82.4 Å². The summed E-state index contributed by atoms with van der Waals surface area (Å²) in [5.41, 5.74) is 14.8. The second-order valence-corrected chi connectivity index (χ2v) is 15.4. The quantitative estimate of drug-likeness (QED) is 0.124. The third kappa shape index (κ3) is 4.95. The van der Waals surface area contributed by atoms with Crippen LogP contribution in [0.2, 0.25) is 0 Å². The van der Waals surface area contributed by atoms with Crippen molar-refractivity contribution in [2.24, 2.45) is 0 Å². The molecule has 0 unspecified atom stereocenters. The molecule has 55 heavy (non-hydrogen) atoms. The lowest BCUT2D eigenvalue weighted by molar-refractivity contribution is 0.660. The van der Waals surface area contributed by atoms with Crippen LogP contribution in [0, 0.1) is 0 Å². The van der Waals surface area contributed by atoms with Crippen LogP contribution in [0.25, 0.3) is 72.3 Å². The summed E-state index contributed by atoms with van der Waals surface area (Å²) >= 11 is 0. The van der Waals surface area contributed by atoms with Crippen LogP contribution in [0.4, 0.5) is 17.1 Å². The average molecular weight is 703 g/mol. The highest BCUT2D eigenvalue weighted by molar-refractivity contribution is 6.24. The highest BCUT2D eigenvalue weighted by atomic mass is 15.1. The molecule has 1 aromatic heterocycles. The molecule has 0 N–H and O–H groups in total. The van der Waals surface area contributed by atoms with E-state index in [4.69, 9.17) is 0 Å². The molecule has 10 aromatic rings. The van der Waals surface area contributed by atoms with E-state index in [1.807, 2.05) is 0 Å². The van der Waals surface area contributed by atoms with Crippen LogP contribution in [0.1, 0.15) is 36.1 Å². The van der Waals surface area contributed by atoms with Gasteiger partial charge in [0.2, 0.25) is 0 Å². The molecule has 9 aromatic carbocycles. The van der Waals surface area contributed by atoms with E-state index in [9.17, 15) is 0 Å². The number of rotatable bonds is 6. The van der Waals surface area contributed by atoms with Crippen LogP contribution in [0.15, 0.2) is 182 Å². The second kappa shape index (κ2) is 12.1. The number of benzene rings is 9. The Morgan fingerprint density at radius 2 is 1.05 bits per heavy atom. The number of aromatic nitrogens is 1. The Morgan fingerprint density at radius 1 is 0.418 bits per heavy atom. The fraction of sp³-hybridized carbons (Fsp3) is 0.0566. The maximum absolute atomic E-state index is 2.41. The Kier molecular flexibility index (Phi) is 6.93. The maximum atomic E-state index is 2.41. The molecule has 0 bridgehead atoms. The average Bonchev–Trinajstić information content (AvgIpc) is 3.69. The molecule has 11 rings (SSSR count). The molecule has 0 aliphatic heterocycles. The third-order valence-electron chi connectivity index (χ3n) is 11.8. The molecule has 1 aliphatic carbocycles. The van der Waals surface area contributed by atoms with Gasteiger partial charge in [0.05, 0.1) is 11.0 Å². The Labute approximate surface area is 321 Å². The van der Waals surface area contributed by atoms with Crippen molar-refractivity contribution in [3.8, 4) is 16.8 Å². The fourth-order valence-electron chi connectivity index (χ4n) is 9.21. The Bertz CT molecular complexity index is 3110. The Morgan fingerprint density at radius 3 is 1.93 bits per heavy atom. The van der Waals surface area contributed by atoms with Gasteiger partial charge in [-0.3, -0.25) is 0 Å². The summed E-state index contributed by atoms with van der Waals surface area (Å²) in [6.45, 7) is 4.70. The zero-order valence-corrected chi connectivity index (χ0v) is 30.9. The van der Waals surface area contributed by atoms with E-state index in [0.29, 0.717) is 0 Å². The van der Waals surface area contributed by atoms with E-state index >= 15 is 0 Å². The summed E-state index contributed by atoms with van der Waals surface area (Å²) in [6, 6.07) is 66.8. The predicted octanol–water partition coefficient (Wildman–Crippen LogP) is 14.5. The van der Waals surface area contributed by atoms with Crippen molar-refractivity contribution in [2.75, 3.05) is 4.90 Å². The second-order valence-electron chi connectivity index (χ2n) is 15.4. The van der Waals surface area contributed by atoms with Crippen LogP contribution < -0.4 is 4.90 Å². The van der Waals surface area contributed by atoms with Gasteiger partial charge in [0.25, 0.3) is 0 Å². The molecule has 2 heteroatoms. The van der Waals surface area contributed by atoms with E-state index < -0.39 is 0 Å². The summed E-state index contributed by atoms with van der Waals surface area (Å²) < 4.78 is 2.41. The minimum absolute atomic E-state index is 0.0685. The number of hydrogen-bond donors (Lipinski definition) is 0. The monoisotopic (exact) mass is 702 g/mol. The molecule has 0 radical (unpaired) electrons. The van der Waals surface area contributed by atoms with Crippen molar-refractivity contribution in [3.05, 3.63) is 204 Å². The van der Waals surface area contributed by atoms with Crippen molar-refractivity contribution in [1.29, 1.82) is 0 Å². The van der Waals surface area contributed by atoms with Gasteiger partial charge in [-0.25, -0.2) is 0 Å². The first kappa shape index (κ1) is 31.6. The van der Waals surface area contributed by atoms with Crippen molar-refractivity contribution >= 4 is 72.6 Å². The lowest BCUT2D eigenvalue weighted by atomic mass is 9.82. The van der Waals surface area contributed by atoms with Crippen molar-refractivity contribution in [2.45, 2.75) is 19.3 Å². The molecule has 0 spiro atoms. The van der Waals surface area contributed by atoms with Crippen LogP contribution >= 0.6 is 0 Å². The normalized spacial score (nSPS) is 13.3. The predicted molar refractivity (Wildman–Crippen MR) is 235 cm³/mol. The largest absolute Gasteiger partial charge is 0.310 e. The molecule has 0 fully saturated rings. The molecule has 0 atom stereocenters. The highest BCUT2D eigenvalue weighted by Crippen LogP contribution is 2.50. The van der Waals surface area contributed by atoms with Gasteiger partial charge in [-0.15, -0.1) is 0 Å². The molecular weight excluding hydrogens is 665 g/mol. The molecule has 2 nitrogen and oxygen atoms in total. The summed E-state index contributed by atoms with van der Waals surface area (Å²) in [5.74, 6) is 0. The maximum Gasteiger partial charge on any atom is 0.0553 e. The number of fused-ring (bicyclic) bond motifs is 4. The summed E-state index contributed by atoms with van der Waals surface area (Å²) in [6.07, 6.45) is 4.50. The van der Waals surface area contributed by atoms with Crippen LogP contribution in [-0.4, -0.2) is 4.57 Å². The summed E-state index contributed by atoms with van der Waals surface area (Å²) in [5, 5.41) is 7.63. The minimum Gasteiger partial charge on any atom is -0.310 e. The van der Waals surface area contributed by atoms with Crippen molar-refractivity contribution in [3.63, 3.8) is 0 Å². The third-order valence-corrected chi connectivity index (χ3v) is 11.8. The van der Waals surface area contributed by atoms with Crippen LogP contribution in [0.3, 0.4) is 0 Å². The zero-order valence-electron chi connectivity index (χ0n) is 30.9. The molecule has 1 heterocycles. The number of anilines is 3. The van der Waals surface area contributed by atoms with Crippen LogP contribution in [0.5, 0.6) is 0 Å². The Hall–Kier alpha value is -6.90. The number of hydrogen-bond acceptors (Lipinski definition) is 1. The SMILES string of the molecule is CC1(C)c2ccccc2-c2ccc(N(c3ccccc3)c3ccc4cc(/C=C/c5cc6ccc7cccc8c7c6c(c5)n8-c5ccccc5)ccc4c3)cc21.